The van der Waals surface area contributed by atoms with Gasteiger partial charge in [-0.15, -0.1) is 11.3 Å². The van der Waals surface area contributed by atoms with Crippen molar-refractivity contribution in [2.45, 2.75) is 37.1 Å². The highest BCUT2D eigenvalue weighted by molar-refractivity contribution is 7.10. The summed E-state index contributed by atoms with van der Waals surface area (Å²) in [7, 11) is 1.81. The van der Waals surface area contributed by atoms with Crippen LogP contribution in [0.25, 0.3) is 11.1 Å². The number of rotatable bonds is 3. The fourth-order valence-electron chi connectivity index (χ4n) is 5.40. The predicted molar refractivity (Wildman–Crippen MR) is 129 cm³/mol. The van der Waals surface area contributed by atoms with E-state index in [1.54, 1.807) is 28.4 Å². The number of imide groups is 1. The molecule has 3 aromatic rings. The Kier molecular flexibility index (Phi) is 5.53. The third-order valence-corrected chi connectivity index (χ3v) is 8.22. The van der Waals surface area contributed by atoms with Crippen LogP contribution in [0.15, 0.2) is 42.0 Å². The van der Waals surface area contributed by atoms with Crippen LogP contribution < -0.4 is 10.1 Å². The molecular formula is C25H22F3N5O4S. The van der Waals surface area contributed by atoms with Crippen molar-refractivity contribution in [2.24, 2.45) is 7.05 Å². The summed E-state index contributed by atoms with van der Waals surface area (Å²) in [6.45, 7) is -1.90. The first kappa shape index (κ1) is 24.5. The zero-order chi connectivity index (χ0) is 26.8. The van der Waals surface area contributed by atoms with Gasteiger partial charge in [0.05, 0.1) is 17.6 Å². The summed E-state index contributed by atoms with van der Waals surface area (Å²) >= 11 is 1.17. The lowest BCUT2D eigenvalue weighted by molar-refractivity contribution is -0.195. The Bertz CT molecular complexity index is 1470. The number of nitrogens with one attached hydrogen (secondary N) is 1. The molecule has 1 fully saturated rings. The van der Waals surface area contributed by atoms with Gasteiger partial charge in [-0.1, -0.05) is 18.2 Å². The van der Waals surface area contributed by atoms with E-state index in [0.29, 0.717) is 27.5 Å². The molecule has 13 heteroatoms. The Labute approximate surface area is 218 Å². The molecule has 0 radical (unpaired) electrons. The molecule has 1 saturated heterocycles. The molecule has 4 heterocycles. The first-order chi connectivity index (χ1) is 18.1. The van der Waals surface area contributed by atoms with E-state index in [1.165, 1.54) is 11.3 Å². The molecule has 1 aromatic carbocycles. The number of alkyl halides is 3. The van der Waals surface area contributed by atoms with Crippen molar-refractivity contribution in [2.75, 3.05) is 13.2 Å². The maximum Gasteiger partial charge on any atom is 0.412 e. The van der Waals surface area contributed by atoms with Crippen LogP contribution in [-0.2, 0) is 35.1 Å². The number of halogens is 3. The zero-order valence-corrected chi connectivity index (χ0v) is 20.9. The van der Waals surface area contributed by atoms with Gasteiger partial charge in [-0.3, -0.25) is 19.2 Å². The minimum atomic E-state index is -4.75. The van der Waals surface area contributed by atoms with Crippen LogP contribution in [0.3, 0.4) is 0 Å². The topological polar surface area (TPSA) is 96.8 Å². The van der Waals surface area contributed by atoms with Crippen LogP contribution in [0.5, 0.6) is 5.75 Å². The monoisotopic (exact) mass is 545 g/mol. The first-order valence-electron chi connectivity index (χ1n) is 11.9. The van der Waals surface area contributed by atoms with Crippen LogP contribution in [0.1, 0.15) is 22.4 Å². The number of ether oxygens (including phenoxy) is 1. The molecule has 2 aromatic heterocycles. The second kappa shape index (κ2) is 8.58. The number of carbonyl (C=O) groups excluding carboxylic acids is 3. The predicted octanol–water partition coefficient (Wildman–Crippen LogP) is 3.19. The van der Waals surface area contributed by atoms with Gasteiger partial charge in [0, 0.05) is 18.8 Å². The summed E-state index contributed by atoms with van der Waals surface area (Å²) in [5, 5.41) is 8.57. The lowest BCUT2D eigenvalue weighted by Gasteiger charge is -2.31. The Morgan fingerprint density at radius 1 is 1.26 bits per heavy atom. The third-order valence-electron chi connectivity index (χ3n) is 7.33. The molecule has 2 atom stereocenters. The molecule has 1 spiro atoms. The van der Waals surface area contributed by atoms with E-state index < -0.39 is 48.8 Å². The smallest absolute Gasteiger partial charge is 0.412 e. The van der Waals surface area contributed by atoms with Gasteiger partial charge in [0.1, 0.15) is 24.4 Å². The summed E-state index contributed by atoms with van der Waals surface area (Å²) in [6, 6.07) is 4.09. The SMILES string of the molecule is Cn1cc(-c2ccc3c(c2)CCC32NC(=O)N(CC(=O)N3Cc4sccc4OC[C@H]3C(F)(F)F)C2=O)cn1. The number of thiophene rings is 1. The normalized spacial score (nSPS) is 22.8. The number of hydrogen-bond donors (Lipinski definition) is 1. The van der Waals surface area contributed by atoms with Gasteiger partial charge in [0.15, 0.2) is 6.04 Å². The van der Waals surface area contributed by atoms with E-state index in [2.05, 4.69) is 10.4 Å². The van der Waals surface area contributed by atoms with Gasteiger partial charge in [0.2, 0.25) is 5.91 Å². The van der Waals surface area contributed by atoms with Gasteiger partial charge in [-0.2, -0.15) is 18.3 Å². The molecule has 1 aliphatic carbocycles. The molecule has 0 saturated carbocycles. The van der Waals surface area contributed by atoms with Crippen molar-refractivity contribution in [3.63, 3.8) is 0 Å². The quantitative estimate of drug-likeness (QED) is 0.510. The molecule has 6 rings (SSSR count). The van der Waals surface area contributed by atoms with Crippen molar-refractivity contribution in [1.29, 1.82) is 0 Å². The maximum atomic E-state index is 13.9. The largest absolute Gasteiger partial charge is 0.490 e. The summed E-state index contributed by atoms with van der Waals surface area (Å²) in [5.41, 5.74) is 1.96. The maximum absolute atomic E-state index is 13.9. The van der Waals surface area contributed by atoms with Crippen molar-refractivity contribution >= 4 is 29.2 Å². The van der Waals surface area contributed by atoms with Crippen LogP contribution in [0, 0.1) is 0 Å². The van der Waals surface area contributed by atoms with Crippen molar-refractivity contribution < 1.29 is 32.3 Å². The van der Waals surface area contributed by atoms with Gasteiger partial charge in [-0.25, -0.2) is 4.79 Å². The molecule has 2 aliphatic heterocycles. The number of aryl methyl sites for hydroxylation is 2. The van der Waals surface area contributed by atoms with Gasteiger partial charge in [-0.05, 0) is 41.0 Å². The highest BCUT2D eigenvalue weighted by Crippen LogP contribution is 2.43. The highest BCUT2D eigenvalue weighted by atomic mass is 32.1. The summed E-state index contributed by atoms with van der Waals surface area (Å²) in [6.07, 6.45) is -0.362. The number of hydrogen-bond acceptors (Lipinski definition) is 6. The number of fused-ring (bicyclic) bond motifs is 3. The Morgan fingerprint density at radius 3 is 2.82 bits per heavy atom. The fourth-order valence-corrected chi connectivity index (χ4v) is 6.21. The van der Waals surface area contributed by atoms with E-state index in [4.69, 9.17) is 4.74 Å². The molecule has 38 heavy (non-hydrogen) atoms. The van der Waals surface area contributed by atoms with E-state index in [1.807, 2.05) is 25.4 Å². The van der Waals surface area contributed by atoms with Crippen LogP contribution in [0.4, 0.5) is 18.0 Å². The minimum absolute atomic E-state index is 0.287. The molecule has 1 N–H and O–H groups in total. The molecule has 9 nitrogen and oxygen atoms in total. The van der Waals surface area contributed by atoms with Crippen LogP contribution in [0.2, 0.25) is 0 Å². The highest BCUT2D eigenvalue weighted by Gasteiger charge is 2.56. The first-order valence-corrected chi connectivity index (χ1v) is 12.8. The molecule has 0 bridgehead atoms. The number of nitrogens with zero attached hydrogens (tertiary/aromatic N) is 4. The van der Waals surface area contributed by atoms with Crippen molar-refractivity contribution in [3.05, 3.63) is 58.0 Å². The lowest BCUT2D eigenvalue weighted by Crippen LogP contribution is -2.53. The number of amides is 4. The van der Waals surface area contributed by atoms with E-state index in [9.17, 15) is 27.6 Å². The van der Waals surface area contributed by atoms with Gasteiger partial charge in [0.25, 0.3) is 5.91 Å². The van der Waals surface area contributed by atoms with E-state index in [0.717, 1.165) is 21.6 Å². The van der Waals surface area contributed by atoms with Gasteiger partial charge >= 0.3 is 12.2 Å². The Balaban J connectivity index is 1.26. The molecule has 4 amide bonds. The second-order valence-corrected chi connectivity index (χ2v) is 10.6. The van der Waals surface area contributed by atoms with Crippen LogP contribution >= 0.6 is 11.3 Å². The Hall–Kier alpha value is -3.87. The van der Waals surface area contributed by atoms with E-state index in [-0.39, 0.29) is 13.0 Å². The van der Waals surface area contributed by atoms with Crippen molar-refractivity contribution in [3.8, 4) is 16.9 Å². The van der Waals surface area contributed by atoms with Crippen molar-refractivity contribution in [1.82, 2.24) is 24.9 Å². The average Bonchev–Trinajstić information content (AvgIpc) is 3.61. The molecule has 198 valence electrons. The third kappa shape index (κ3) is 3.83. The number of benzene rings is 1. The lowest BCUT2D eigenvalue weighted by atomic mass is 9.90. The fraction of sp³-hybridized carbons (Fsp3) is 0.360. The second-order valence-electron chi connectivity index (χ2n) is 9.60. The van der Waals surface area contributed by atoms with E-state index >= 15 is 0 Å². The number of aromatic nitrogens is 2. The summed E-state index contributed by atoms with van der Waals surface area (Å²) < 4.78 is 48.6. The standard InChI is InChI=1S/C25H22F3N5O4S/c1-31-10-16(9-29-31)14-2-3-17-15(8-14)4-6-24(17)22(35)33(23(36)30-24)12-21(34)32-11-19-18(5-7-38-19)37-13-20(32)25(26,27)28/h2-3,5,7-10,20H,4,6,11-13H2,1H3,(H,30,36)/t20-,24?/m0/s1. The zero-order valence-electron chi connectivity index (χ0n) is 20.1. The van der Waals surface area contributed by atoms with Crippen LogP contribution in [-0.4, -0.2) is 62.8 Å². The molecular weight excluding hydrogens is 523 g/mol. The summed E-state index contributed by atoms with van der Waals surface area (Å²) in [5.74, 6) is -1.33. The summed E-state index contributed by atoms with van der Waals surface area (Å²) in [4.78, 5) is 41.6. The van der Waals surface area contributed by atoms with Gasteiger partial charge < -0.3 is 15.0 Å². The molecule has 1 unspecified atom stereocenters. The number of carbonyl (C=O) groups is 3. The minimum Gasteiger partial charge on any atom is -0.490 e. The average molecular weight is 546 g/mol. The molecule has 3 aliphatic rings. The Morgan fingerprint density at radius 2 is 2.08 bits per heavy atom. The number of urea groups is 1.